The number of aryl methyl sites for hydroxylation is 1. The molecule has 0 saturated carbocycles. The summed E-state index contributed by atoms with van der Waals surface area (Å²) in [5, 5.41) is 13.8. The maximum absolute atomic E-state index is 12.3. The number of hydrogen-bond donors (Lipinski definition) is 2. The molecule has 0 bridgehead atoms. The van der Waals surface area contributed by atoms with E-state index in [0.29, 0.717) is 53.5 Å². The first kappa shape index (κ1) is 20.3. The molecule has 4 aromatic rings. The number of nitrogens with zero attached hydrogens (tertiary/aromatic N) is 4. The molecule has 1 aliphatic rings. The molecular formula is C23H20N6O4. The molecule has 0 saturated heterocycles. The maximum Gasteiger partial charge on any atom is 0.323 e. The average molecular weight is 444 g/mol. The summed E-state index contributed by atoms with van der Waals surface area (Å²) in [5.41, 5.74) is 1.21. The van der Waals surface area contributed by atoms with Gasteiger partial charge >= 0.3 is 6.03 Å². The van der Waals surface area contributed by atoms with E-state index in [4.69, 9.17) is 14.2 Å². The summed E-state index contributed by atoms with van der Waals surface area (Å²) < 4.78 is 18.6. The topological polar surface area (TPSA) is 112 Å². The lowest BCUT2D eigenvalue weighted by Gasteiger charge is -2.19. The number of fused-ring (bicyclic) bond motifs is 1. The average Bonchev–Trinajstić information content (AvgIpc) is 3.26. The van der Waals surface area contributed by atoms with Gasteiger partial charge in [0.15, 0.2) is 17.3 Å². The number of anilines is 2. The summed E-state index contributed by atoms with van der Waals surface area (Å²) >= 11 is 0. The Bertz CT molecular complexity index is 1270. The van der Waals surface area contributed by atoms with Crippen LogP contribution in [0.4, 0.5) is 16.2 Å². The largest absolute Gasteiger partial charge is 0.486 e. The zero-order valence-corrected chi connectivity index (χ0v) is 17.7. The molecular weight excluding hydrogens is 424 g/mol. The smallest absolute Gasteiger partial charge is 0.323 e. The van der Waals surface area contributed by atoms with Crippen molar-refractivity contribution in [3.05, 3.63) is 72.8 Å². The summed E-state index contributed by atoms with van der Waals surface area (Å²) in [5.74, 6) is 3.66. The molecule has 2 aromatic carbocycles. The van der Waals surface area contributed by atoms with Gasteiger partial charge in [-0.05, 0) is 49.4 Å². The molecule has 2 amide bonds. The summed E-state index contributed by atoms with van der Waals surface area (Å²) in [6.07, 6.45) is 3.52. The van der Waals surface area contributed by atoms with Crippen molar-refractivity contribution in [1.82, 2.24) is 19.7 Å². The third-order valence-corrected chi connectivity index (χ3v) is 4.83. The lowest BCUT2D eigenvalue weighted by Crippen LogP contribution is -2.20. The second kappa shape index (κ2) is 8.87. The summed E-state index contributed by atoms with van der Waals surface area (Å²) in [6.45, 7) is 2.89. The molecule has 0 fully saturated rings. The van der Waals surface area contributed by atoms with E-state index in [1.807, 2.05) is 17.7 Å². The number of urea groups is 1. The minimum absolute atomic E-state index is 0.355. The van der Waals surface area contributed by atoms with Gasteiger partial charge in [0.05, 0.1) is 0 Å². The van der Waals surface area contributed by atoms with Gasteiger partial charge in [0.1, 0.15) is 24.8 Å². The second-order valence-electron chi connectivity index (χ2n) is 7.14. The molecule has 5 rings (SSSR count). The molecule has 0 spiro atoms. The van der Waals surface area contributed by atoms with Crippen LogP contribution in [-0.4, -0.2) is 39.0 Å². The SMILES string of the molecule is Cc1nccn1-c1ccc(Oc2ccc(NC(=O)Nc3ccc4c(c3)OCCO4)cc2)nn1. The van der Waals surface area contributed by atoms with Crippen LogP contribution in [-0.2, 0) is 0 Å². The standard InChI is InChI=1S/C23H20N6O4/c1-15-24-10-11-29(15)21-8-9-22(28-27-21)33-18-5-2-16(3-6-18)25-23(30)26-17-4-7-19-20(14-17)32-13-12-31-19/h2-11,14H,12-13H2,1H3,(H2,25,26,30). The molecule has 10 nitrogen and oxygen atoms in total. The molecule has 33 heavy (non-hydrogen) atoms. The van der Waals surface area contributed by atoms with E-state index in [9.17, 15) is 4.79 Å². The molecule has 2 N–H and O–H groups in total. The Labute approximate surface area is 189 Å². The number of amides is 2. The van der Waals surface area contributed by atoms with Crippen molar-refractivity contribution in [2.75, 3.05) is 23.8 Å². The molecule has 0 unspecified atom stereocenters. The van der Waals surface area contributed by atoms with E-state index in [-0.39, 0.29) is 6.03 Å². The van der Waals surface area contributed by atoms with Gasteiger partial charge in [-0.3, -0.25) is 4.57 Å². The number of aromatic nitrogens is 4. The highest BCUT2D eigenvalue weighted by atomic mass is 16.6. The van der Waals surface area contributed by atoms with Gasteiger partial charge in [0.25, 0.3) is 0 Å². The Morgan fingerprint density at radius 1 is 0.939 bits per heavy atom. The summed E-state index contributed by atoms with van der Waals surface area (Å²) in [7, 11) is 0. The van der Waals surface area contributed by atoms with E-state index >= 15 is 0 Å². The van der Waals surface area contributed by atoms with E-state index in [0.717, 1.165) is 5.82 Å². The Kier molecular flexibility index (Phi) is 5.46. The van der Waals surface area contributed by atoms with E-state index in [1.54, 1.807) is 60.8 Å². The fourth-order valence-electron chi connectivity index (χ4n) is 3.26. The van der Waals surface area contributed by atoms with Crippen LogP contribution in [0.15, 0.2) is 67.0 Å². The van der Waals surface area contributed by atoms with Gasteiger partial charge in [0, 0.05) is 35.9 Å². The highest BCUT2D eigenvalue weighted by Gasteiger charge is 2.13. The van der Waals surface area contributed by atoms with Crippen LogP contribution in [0, 0.1) is 6.92 Å². The van der Waals surface area contributed by atoms with E-state index in [1.165, 1.54) is 0 Å². The minimum atomic E-state index is -0.378. The van der Waals surface area contributed by atoms with Crippen LogP contribution in [0.25, 0.3) is 5.82 Å². The predicted octanol–water partition coefficient (Wildman–Crippen LogP) is 4.18. The number of benzene rings is 2. The van der Waals surface area contributed by atoms with Crippen molar-refractivity contribution in [1.29, 1.82) is 0 Å². The molecule has 166 valence electrons. The number of carbonyl (C=O) groups excluding carboxylic acids is 1. The number of imidazole rings is 1. The molecule has 0 aliphatic carbocycles. The third kappa shape index (κ3) is 4.69. The van der Waals surface area contributed by atoms with Crippen molar-refractivity contribution in [3.8, 4) is 28.9 Å². The van der Waals surface area contributed by atoms with Crippen molar-refractivity contribution in [2.24, 2.45) is 0 Å². The summed E-state index contributed by atoms with van der Waals surface area (Å²) in [6, 6.07) is 15.3. The highest BCUT2D eigenvalue weighted by Crippen LogP contribution is 2.32. The summed E-state index contributed by atoms with van der Waals surface area (Å²) in [4.78, 5) is 16.5. The molecule has 3 heterocycles. The number of ether oxygens (including phenoxy) is 3. The number of carbonyl (C=O) groups is 1. The van der Waals surface area contributed by atoms with Gasteiger partial charge < -0.3 is 24.8 Å². The zero-order valence-electron chi connectivity index (χ0n) is 17.7. The molecule has 0 atom stereocenters. The zero-order chi connectivity index (χ0) is 22.6. The van der Waals surface area contributed by atoms with Crippen molar-refractivity contribution >= 4 is 17.4 Å². The normalized spacial score (nSPS) is 12.2. The monoisotopic (exact) mass is 444 g/mol. The predicted molar refractivity (Wildman–Crippen MR) is 120 cm³/mol. The van der Waals surface area contributed by atoms with Crippen LogP contribution >= 0.6 is 0 Å². The Balaban J connectivity index is 1.17. The first-order valence-corrected chi connectivity index (χ1v) is 10.2. The number of rotatable bonds is 5. The van der Waals surface area contributed by atoms with Crippen LogP contribution in [0.3, 0.4) is 0 Å². The van der Waals surface area contributed by atoms with Gasteiger partial charge in [-0.25, -0.2) is 9.78 Å². The molecule has 0 radical (unpaired) electrons. The van der Waals surface area contributed by atoms with Crippen molar-refractivity contribution in [3.63, 3.8) is 0 Å². The Hall–Kier alpha value is -4.60. The minimum Gasteiger partial charge on any atom is -0.486 e. The Morgan fingerprint density at radius 3 is 2.42 bits per heavy atom. The highest BCUT2D eigenvalue weighted by molar-refractivity contribution is 5.99. The number of hydrogen-bond acceptors (Lipinski definition) is 7. The quantitative estimate of drug-likeness (QED) is 0.475. The molecule has 1 aliphatic heterocycles. The fourth-order valence-corrected chi connectivity index (χ4v) is 3.26. The second-order valence-corrected chi connectivity index (χ2v) is 7.14. The first-order chi connectivity index (χ1) is 16.1. The number of nitrogens with one attached hydrogen (secondary N) is 2. The van der Waals surface area contributed by atoms with Crippen molar-refractivity contribution < 1.29 is 19.0 Å². The third-order valence-electron chi connectivity index (χ3n) is 4.83. The fraction of sp³-hybridized carbons (Fsp3) is 0.130. The van der Waals surface area contributed by atoms with Crippen LogP contribution < -0.4 is 24.8 Å². The van der Waals surface area contributed by atoms with Gasteiger partial charge in [-0.15, -0.1) is 10.2 Å². The van der Waals surface area contributed by atoms with Gasteiger partial charge in [-0.2, -0.15) is 0 Å². The van der Waals surface area contributed by atoms with E-state index in [2.05, 4.69) is 25.8 Å². The lowest BCUT2D eigenvalue weighted by molar-refractivity contribution is 0.171. The van der Waals surface area contributed by atoms with Crippen LogP contribution in [0.2, 0.25) is 0 Å². The first-order valence-electron chi connectivity index (χ1n) is 10.2. The lowest BCUT2D eigenvalue weighted by atomic mass is 10.2. The van der Waals surface area contributed by atoms with Gasteiger partial charge in [-0.1, -0.05) is 0 Å². The van der Waals surface area contributed by atoms with Gasteiger partial charge in [0.2, 0.25) is 5.88 Å². The van der Waals surface area contributed by atoms with Crippen molar-refractivity contribution in [2.45, 2.75) is 6.92 Å². The van der Waals surface area contributed by atoms with Crippen LogP contribution in [0.5, 0.6) is 23.1 Å². The van der Waals surface area contributed by atoms with E-state index < -0.39 is 0 Å². The Morgan fingerprint density at radius 2 is 1.70 bits per heavy atom. The van der Waals surface area contributed by atoms with Crippen LogP contribution in [0.1, 0.15) is 5.82 Å². The molecule has 2 aromatic heterocycles. The maximum atomic E-state index is 12.3. The molecule has 10 heteroatoms.